The molecule has 1 fully saturated rings. The predicted molar refractivity (Wildman–Crippen MR) is 207 cm³/mol. The smallest absolute Gasteiger partial charge is 0.407 e. The van der Waals surface area contributed by atoms with Gasteiger partial charge in [-0.2, -0.15) is 5.10 Å². The molecule has 6 rings (SSSR count). The summed E-state index contributed by atoms with van der Waals surface area (Å²) in [5.41, 5.74) is 5.45. The van der Waals surface area contributed by atoms with E-state index >= 15 is 0 Å². The summed E-state index contributed by atoms with van der Waals surface area (Å²) >= 11 is 6.70. The number of halogens is 1. The number of amides is 3. The van der Waals surface area contributed by atoms with Crippen LogP contribution in [0.25, 0.3) is 33.6 Å². The molecule has 3 amide bonds. The van der Waals surface area contributed by atoms with Gasteiger partial charge < -0.3 is 35.0 Å². The summed E-state index contributed by atoms with van der Waals surface area (Å²) in [5, 5.41) is 12.5. The van der Waals surface area contributed by atoms with E-state index in [0.29, 0.717) is 36.2 Å². The minimum Gasteiger partial charge on any atom is -0.453 e. The van der Waals surface area contributed by atoms with Crippen LogP contribution in [0.4, 0.5) is 9.59 Å². The molecule has 0 bridgehead atoms. The Morgan fingerprint density at radius 2 is 1.48 bits per heavy atom. The first-order valence-electron chi connectivity index (χ1n) is 18.3. The number of ether oxygens (including phenoxy) is 2. The predicted octanol–water partition coefficient (Wildman–Crippen LogP) is 6.94. The van der Waals surface area contributed by atoms with Crippen LogP contribution in [0.5, 0.6) is 0 Å². The number of alkyl carbamates (subject to hydrolysis) is 2. The molecule has 4 unspecified atom stereocenters. The zero-order valence-electron chi connectivity index (χ0n) is 31.4. The van der Waals surface area contributed by atoms with Crippen LogP contribution in [0.15, 0.2) is 59.8 Å². The van der Waals surface area contributed by atoms with E-state index in [-0.39, 0.29) is 35.9 Å². The molecule has 0 aliphatic carbocycles. The van der Waals surface area contributed by atoms with Crippen LogP contribution in [0.3, 0.4) is 0 Å². The van der Waals surface area contributed by atoms with Gasteiger partial charge in [-0.15, -0.1) is 0 Å². The average Bonchev–Trinajstić information content (AvgIpc) is 4.00. The molecule has 2 aromatic heterocycles. The van der Waals surface area contributed by atoms with Crippen molar-refractivity contribution >= 4 is 35.9 Å². The van der Waals surface area contributed by atoms with Crippen molar-refractivity contribution < 1.29 is 23.9 Å². The lowest BCUT2D eigenvalue weighted by Crippen LogP contribution is -2.51. The van der Waals surface area contributed by atoms with Crippen molar-refractivity contribution in [3.05, 3.63) is 71.5 Å². The van der Waals surface area contributed by atoms with Crippen LogP contribution in [0.1, 0.15) is 70.7 Å². The molecule has 2 aliphatic heterocycles. The maximum Gasteiger partial charge on any atom is 0.407 e. The van der Waals surface area contributed by atoms with Gasteiger partial charge in [0.25, 0.3) is 0 Å². The number of nitrogens with one attached hydrogen (secondary N) is 4. The van der Waals surface area contributed by atoms with Crippen molar-refractivity contribution in [3.8, 4) is 33.6 Å². The van der Waals surface area contributed by atoms with Gasteiger partial charge in [-0.25, -0.2) is 19.6 Å². The Bertz CT molecular complexity index is 1960. The van der Waals surface area contributed by atoms with Gasteiger partial charge in [0, 0.05) is 24.7 Å². The first-order chi connectivity index (χ1) is 26.0. The molecule has 14 nitrogen and oxygen atoms in total. The number of likely N-dealkylation sites (tertiary alicyclic amines) is 1. The minimum absolute atomic E-state index is 0.0662. The fourth-order valence-corrected chi connectivity index (χ4v) is 7.19. The van der Waals surface area contributed by atoms with Crippen LogP contribution in [-0.4, -0.2) is 93.5 Å². The van der Waals surface area contributed by atoms with Gasteiger partial charge in [0.2, 0.25) is 5.91 Å². The molecule has 0 saturated carbocycles. The first kappa shape index (κ1) is 38.4. The summed E-state index contributed by atoms with van der Waals surface area (Å²) in [5.74, 6) is 1.32. The molecule has 0 radical (unpaired) electrons. The highest BCUT2D eigenvalue weighted by Gasteiger charge is 2.38. The normalized spacial score (nSPS) is 17.9. The Kier molecular flexibility index (Phi) is 11.9. The topological polar surface area (TPSA) is 170 Å². The molecular weight excluding hydrogens is 710 g/mol. The Balaban J connectivity index is 1.11. The highest BCUT2D eigenvalue weighted by molar-refractivity contribution is 6.31. The number of H-pyrrole nitrogens is 2. The second-order valence-electron chi connectivity index (χ2n) is 14.3. The number of hydrogen-bond donors (Lipinski definition) is 4. The van der Waals surface area contributed by atoms with Crippen molar-refractivity contribution in [1.82, 2.24) is 40.5 Å². The van der Waals surface area contributed by atoms with Crippen molar-refractivity contribution in [2.75, 3.05) is 27.3 Å². The number of benzene rings is 2. The number of aromatic nitrogens is 4. The van der Waals surface area contributed by atoms with Gasteiger partial charge >= 0.3 is 12.2 Å². The zero-order chi connectivity index (χ0) is 38.5. The standard InChI is InChI=1S/C39H48ClN9O5/c1-22(2)29(44-38(51)53-5)21-49-31(17-18-42-49)35-41-20-28(43-35)26-13-9-24(10-14-26)25-11-15-27(16-12-25)33-34(40)47-36(45-33)30-8-7-19-48(30)37(50)32(23(3)4)46-39(52)54-6/h9-16,18,20,22-23,29-32H,7-8,17,19,21H2,1-6H3,(H,41,43)(H,44,51)(H,45,47)(H,46,52). The fraction of sp³-hybridized carbons (Fsp3) is 0.436. The Labute approximate surface area is 320 Å². The van der Waals surface area contributed by atoms with E-state index in [1.54, 1.807) is 4.90 Å². The van der Waals surface area contributed by atoms with Gasteiger partial charge in [-0.3, -0.25) is 9.80 Å². The molecule has 2 aliphatic rings. The maximum absolute atomic E-state index is 13.6. The number of hydrogen-bond acceptors (Lipinski definition) is 9. The lowest BCUT2D eigenvalue weighted by Gasteiger charge is -2.29. The summed E-state index contributed by atoms with van der Waals surface area (Å²) in [6.45, 7) is 8.97. The number of hydrazone groups is 1. The number of methoxy groups -OCH3 is 2. The number of carbonyl (C=O) groups excluding carboxylic acids is 3. The monoisotopic (exact) mass is 757 g/mol. The third-order valence-corrected chi connectivity index (χ3v) is 10.4. The molecule has 0 spiro atoms. The van der Waals surface area contributed by atoms with Gasteiger partial charge in [-0.1, -0.05) is 87.8 Å². The zero-order valence-corrected chi connectivity index (χ0v) is 32.2. The van der Waals surface area contributed by atoms with E-state index in [4.69, 9.17) is 31.0 Å². The maximum atomic E-state index is 13.6. The highest BCUT2D eigenvalue weighted by atomic mass is 35.5. The SMILES string of the molecule is COC(=O)NC(CN1N=CCC1c1ncc(-c2ccc(-c3ccc(-c4nc(C5CCCN5C(=O)C(NC(=O)OC)C(C)C)[nH]c4Cl)cc3)cc2)[nH]1)C(C)C. The molecule has 4 N–H and O–H groups in total. The average molecular weight is 758 g/mol. The molecule has 1 saturated heterocycles. The van der Waals surface area contributed by atoms with E-state index in [0.717, 1.165) is 46.6 Å². The quantitative estimate of drug-likeness (QED) is 0.120. The fourth-order valence-electron chi connectivity index (χ4n) is 6.94. The van der Waals surface area contributed by atoms with Crippen molar-refractivity contribution in [1.29, 1.82) is 0 Å². The molecule has 4 atom stereocenters. The lowest BCUT2D eigenvalue weighted by atomic mass is 10.0. The summed E-state index contributed by atoms with van der Waals surface area (Å²) in [4.78, 5) is 55.4. The van der Waals surface area contributed by atoms with Crippen LogP contribution in [0.2, 0.25) is 5.15 Å². The van der Waals surface area contributed by atoms with E-state index in [2.05, 4.69) is 63.8 Å². The Morgan fingerprint density at radius 1 is 0.852 bits per heavy atom. The molecule has 15 heteroatoms. The van der Waals surface area contributed by atoms with E-state index in [1.165, 1.54) is 14.2 Å². The lowest BCUT2D eigenvalue weighted by molar-refractivity contribution is -0.135. The van der Waals surface area contributed by atoms with Gasteiger partial charge in [-0.05, 0) is 41.4 Å². The van der Waals surface area contributed by atoms with Gasteiger partial charge in [0.05, 0.1) is 44.7 Å². The second kappa shape index (κ2) is 16.8. The van der Waals surface area contributed by atoms with Crippen LogP contribution < -0.4 is 10.6 Å². The van der Waals surface area contributed by atoms with E-state index in [9.17, 15) is 14.4 Å². The number of aromatic amines is 2. The molecular formula is C39H48ClN9O5. The van der Waals surface area contributed by atoms with Crippen LogP contribution in [-0.2, 0) is 14.3 Å². The van der Waals surface area contributed by atoms with Gasteiger partial charge in [0.1, 0.15) is 34.6 Å². The number of nitrogens with zero attached hydrogens (tertiary/aromatic N) is 5. The summed E-state index contributed by atoms with van der Waals surface area (Å²) in [6, 6.07) is 15.1. The molecule has 286 valence electrons. The van der Waals surface area contributed by atoms with Crippen LogP contribution >= 0.6 is 11.6 Å². The van der Waals surface area contributed by atoms with Gasteiger partial charge in [0.15, 0.2) is 0 Å². The van der Waals surface area contributed by atoms with Crippen molar-refractivity contribution in [2.45, 2.75) is 71.1 Å². The largest absolute Gasteiger partial charge is 0.453 e. The van der Waals surface area contributed by atoms with E-state index in [1.807, 2.05) is 55.5 Å². The Hall–Kier alpha value is -5.37. The molecule has 4 heterocycles. The summed E-state index contributed by atoms with van der Waals surface area (Å²) in [6.07, 6.45) is 4.88. The number of carbonyl (C=O) groups is 3. The highest BCUT2D eigenvalue weighted by Crippen LogP contribution is 2.36. The minimum atomic E-state index is -0.716. The third kappa shape index (κ3) is 8.38. The van der Waals surface area contributed by atoms with Crippen LogP contribution in [0, 0.1) is 11.8 Å². The third-order valence-electron chi connectivity index (χ3n) is 10.1. The molecule has 54 heavy (non-hydrogen) atoms. The first-order valence-corrected chi connectivity index (χ1v) is 18.6. The summed E-state index contributed by atoms with van der Waals surface area (Å²) in [7, 11) is 2.64. The molecule has 2 aromatic carbocycles. The number of imidazole rings is 2. The van der Waals surface area contributed by atoms with E-state index < -0.39 is 18.2 Å². The number of rotatable bonds is 12. The molecule has 4 aromatic rings. The summed E-state index contributed by atoms with van der Waals surface area (Å²) < 4.78 is 9.57. The van der Waals surface area contributed by atoms with Crippen molar-refractivity contribution in [2.24, 2.45) is 16.9 Å². The van der Waals surface area contributed by atoms with Crippen molar-refractivity contribution in [3.63, 3.8) is 0 Å². The Morgan fingerprint density at radius 3 is 2.11 bits per heavy atom. The second-order valence-corrected chi connectivity index (χ2v) is 14.7.